The summed E-state index contributed by atoms with van der Waals surface area (Å²) in [5, 5.41) is 3.05. The SMILES string of the molecule is Cc1ccc2c(c1)CN(CCC(=O)NC1CCOC1)CC(C)O2. The van der Waals surface area contributed by atoms with E-state index in [9.17, 15) is 4.79 Å². The molecule has 1 saturated heterocycles. The smallest absolute Gasteiger partial charge is 0.221 e. The third-order valence-corrected chi connectivity index (χ3v) is 4.40. The van der Waals surface area contributed by atoms with Gasteiger partial charge in [0.1, 0.15) is 11.9 Å². The fourth-order valence-corrected chi connectivity index (χ4v) is 3.25. The molecule has 0 radical (unpaired) electrons. The number of benzene rings is 1. The minimum atomic E-state index is 0.114. The number of nitrogens with zero attached hydrogens (tertiary/aromatic N) is 1. The normalized spacial score (nSPS) is 24.6. The van der Waals surface area contributed by atoms with E-state index in [-0.39, 0.29) is 18.1 Å². The molecule has 1 aromatic rings. The monoisotopic (exact) mass is 318 g/mol. The quantitative estimate of drug-likeness (QED) is 0.921. The topological polar surface area (TPSA) is 50.8 Å². The van der Waals surface area contributed by atoms with E-state index in [0.717, 1.165) is 38.4 Å². The molecule has 0 bridgehead atoms. The van der Waals surface area contributed by atoms with Crippen molar-refractivity contribution in [1.82, 2.24) is 10.2 Å². The van der Waals surface area contributed by atoms with Gasteiger partial charge in [0.25, 0.3) is 0 Å². The van der Waals surface area contributed by atoms with Gasteiger partial charge >= 0.3 is 0 Å². The molecular weight excluding hydrogens is 292 g/mol. The Balaban J connectivity index is 1.55. The largest absolute Gasteiger partial charge is 0.489 e. The molecule has 2 aliphatic rings. The van der Waals surface area contributed by atoms with Crippen LogP contribution < -0.4 is 10.1 Å². The van der Waals surface area contributed by atoms with E-state index >= 15 is 0 Å². The van der Waals surface area contributed by atoms with Gasteiger partial charge in [0, 0.05) is 38.2 Å². The summed E-state index contributed by atoms with van der Waals surface area (Å²) in [6.07, 6.45) is 1.57. The Morgan fingerprint density at radius 3 is 3.09 bits per heavy atom. The summed E-state index contributed by atoms with van der Waals surface area (Å²) in [7, 11) is 0. The third-order valence-electron chi connectivity index (χ3n) is 4.40. The fraction of sp³-hybridized carbons (Fsp3) is 0.611. The maximum Gasteiger partial charge on any atom is 0.221 e. The molecule has 0 aromatic heterocycles. The van der Waals surface area contributed by atoms with Crippen LogP contribution in [0.1, 0.15) is 30.9 Å². The average molecular weight is 318 g/mol. The summed E-state index contributed by atoms with van der Waals surface area (Å²) in [5.74, 6) is 1.08. The highest BCUT2D eigenvalue weighted by atomic mass is 16.5. The van der Waals surface area contributed by atoms with E-state index in [2.05, 4.69) is 42.3 Å². The maximum absolute atomic E-state index is 12.1. The standard InChI is InChI=1S/C18H26N2O3/c1-13-3-4-17-15(9-13)11-20(10-14(2)23-17)7-5-18(21)19-16-6-8-22-12-16/h3-4,9,14,16H,5-8,10-12H2,1-2H3,(H,19,21). The van der Waals surface area contributed by atoms with Crippen LogP contribution in [0.4, 0.5) is 0 Å². The summed E-state index contributed by atoms with van der Waals surface area (Å²) in [5.41, 5.74) is 2.44. The van der Waals surface area contributed by atoms with Crippen molar-refractivity contribution in [3.63, 3.8) is 0 Å². The van der Waals surface area contributed by atoms with E-state index in [1.54, 1.807) is 0 Å². The molecule has 0 spiro atoms. The molecule has 23 heavy (non-hydrogen) atoms. The molecule has 0 aliphatic carbocycles. The number of carbonyl (C=O) groups is 1. The second-order valence-electron chi connectivity index (χ2n) is 6.65. The fourth-order valence-electron chi connectivity index (χ4n) is 3.25. The number of hydrogen-bond donors (Lipinski definition) is 1. The number of ether oxygens (including phenoxy) is 2. The van der Waals surface area contributed by atoms with E-state index in [1.807, 2.05) is 0 Å². The number of nitrogens with one attached hydrogen (secondary N) is 1. The second kappa shape index (κ2) is 7.32. The molecule has 1 N–H and O–H groups in total. The summed E-state index contributed by atoms with van der Waals surface area (Å²) in [6, 6.07) is 6.50. The molecule has 5 nitrogen and oxygen atoms in total. The van der Waals surface area contributed by atoms with Gasteiger partial charge < -0.3 is 14.8 Å². The highest BCUT2D eigenvalue weighted by molar-refractivity contribution is 5.76. The zero-order valence-corrected chi connectivity index (χ0v) is 14.0. The molecule has 2 aliphatic heterocycles. The summed E-state index contributed by atoms with van der Waals surface area (Å²) < 4.78 is 11.3. The summed E-state index contributed by atoms with van der Waals surface area (Å²) in [4.78, 5) is 14.4. The summed E-state index contributed by atoms with van der Waals surface area (Å²) in [6.45, 7) is 8.00. The number of carbonyl (C=O) groups excluding carboxylic acids is 1. The highest BCUT2D eigenvalue weighted by Gasteiger charge is 2.22. The number of aryl methyl sites for hydroxylation is 1. The van der Waals surface area contributed by atoms with Gasteiger partial charge in [0.05, 0.1) is 12.6 Å². The third kappa shape index (κ3) is 4.45. The van der Waals surface area contributed by atoms with Gasteiger partial charge in [-0.05, 0) is 26.3 Å². The Kier molecular flexibility index (Phi) is 5.18. The maximum atomic E-state index is 12.1. The molecule has 5 heteroatoms. The lowest BCUT2D eigenvalue weighted by Crippen LogP contribution is -2.38. The van der Waals surface area contributed by atoms with Crippen molar-refractivity contribution in [2.75, 3.05) is 26.3 Å². The highest BCUT2D eigenvalue weighted by Crippen LogP contribution is 2.26. The summed E-state index contributed by atoms with van der Waals surface area (Å²) >= 11 is 0. The van der Waals surface area contributed by atoms with Crippen molar-refractivity contribution >= 4 is 5.91 Å². The number of amides is 1. The lowest BCUT2D eigenvalue weighted by atomic mass is 10.1. The first-order valence-corrected chi connectivity index (χ1v) is 8.46. The Morgan fingerprint density at radius 1 is 1.43 bits per heavy atom. The van der Waals surface area contributed by atoms with Crippen molar-refractivity contribution in [2.24, 2.45) is 0 Å². The molecule has 3 rings (SSSR count). The van der Waals surface area contributed by atoms with Gasteiger partial charge in [-0.25, -0.2) is 0 Å². The molecule has 1 fully saturated rings. The molecule has 126 valence electrons. The van der Waals surface area contributed by atoms with Crippen LogP contribution in [-0.2, 0) is 16.1 Å². The minimum absolute atomic E-state index is 0.114. The van der Waals surface area contributed by atoms with Crippen LogP contribution in [-0.4, -0.2) is 49.3 Å². The van der Waals surface area contributed by atoms with Crippen molar-refractivity contribution in [3.8, 4) is 5.75 Å². The van der Waals surface area contributed by atoms with Gasteiger partial charge in [-0.3, -0.25) is 9.69 Å². The van der Waals surface area contributed by atoms with Gasteiger partial charge in [-0.2, -0.15) is 0 Å². The Bertz CT molecular complexity index is 555. The molecule has 0 saturated carbocycles. The van der Waals surface area contributed by atoms with Crippen molar-refractivity contribution in [1.29, 1.82) is 0 Å². The van der Waals surface area contributed by atoms with E-state index in [0.29, 0.717) is 13.0 Å². The zero-order chi connectivity index (χ0) is 16.2. The van der Waals surface area contributed by atoms with Crippen molar-refractivity contribution in [3.05, 3.63) is 29.3 Å². The van der Waals surface area contributed by atoms with Crippen LogP contribution in [0.3, 0.4) is 0 Å². The van der Waals surface area contributed by atoms with Crippen LogP contribution in [0.2, 0.25) is 0 Å². The van der Waals surface area contributed by atoms with Gasteiger partial charge in [0.2, 0.25) is 5.91 Å². The van der Waals surface area contributed by atoms with Crippen LogP contribution in [0.15, 0.2) is 18.2 Å². The predicted molar refractivity (Wildman–Crippen MR) is 88.5 cm³/mol. The second-order valence-corrected chi connectivity index (χ2v) is 6.65. The molecule has 2 unspecified atom stereocenters. The van der Waals surface area contributed by atoms with E-state index in [1.165, 1.54) is 11.1 Å². The van der Waals surface area contributed by atoms with Gasteiger partial charge in [-0.15, -0.1) is 0 Å². The molecule has 1 aromatic carbocycles. The first-order valence-electron chi connectivity index (χ1n) is 8.46. The lowest BCUT2D eigenvalue weighted by Gasteiger charge is -2.22. The van der Waals surface area contributed by atoms with E-state index < -0.39 is 0 Å². The lowest BCUT2D eigenvalue weighted by molar-refractivity contribution is -0.122. The molecular formula is C18H26N2O3. The van der Waals surface area contributed by atoms with Crippen LogP contribution in [0.5, 0.6) is 5.75 Å². The Morgan fingerprint density at radius 2 is 2.30 bits per heavy atom. The zero-order valence-electron chi connectivity index (χ0n) is 14.0. The predicted octanol–water partition coefficient (Wildman–Crippen LogP) is 1.87. The molecule has 2 heterocycles. The van der Waals surface area contributed by atoms with Crippen LogP contribution >= 0.6 is 0 Å². The number of fused-ring (bicyclic) bond motifs is 1. The van der Waals surface area contributed by atoms with Gasteiger partial charge in [0.15, 0.2) is 0 Å². The minimum Gasteiger partial charge on any atom is -0.489 e. The number of hydrogen-bond acceptors (Lipinski definition) is 4. The molecule has 2 atom stereocenters. The average Bonchev–Trinajstić information content (AvgIpc) is 2.94. The van der Waals surface area contributed by atoms with Crippen LogP contribution in [0.25, 0.3) is 0 Å². The van der Waals surface area contributed by atoms with Gasteiger partial charge in [-0.1, -0.05) is 17.7 Å². The van der Waals surface area contributed by atoms with Crippen LogP contribution in [0, 0.1) is 6.92 Å². The first kappa shape index (κ1) is 16.3. The van der Waals surface area contributed by atoms with Crippen molar-refractivity contribution < 1.29 is 14.3 Å². The van der Waals surface area contributed by atoms with Crippen molar-refractivity contribution in [2.45, 2.75) is 45.4 Å². The Hall–Kier alpha value is -1.59. The van der Waals surface area contributed by atoms with E-state index in [4.69, 9.17) is 9.47 Å². The Labute approximate surface area is 137 Å². The molecule has 1 amide bonds. The first-order chi connectivity index (χ1) is 11.1. The number of rotatable bonds is 4.